The number of rotatable bonds is 3. The van der Waals surface area contributed by atoms with Crippen LogP contribution in [-0.4, -0.2) is 34.9 Å². The van der Waals surface area contributed by atoms with Crippen LogP contribution in [0.2, 0.25) is 5.02 Å². The van der Waals surface area contributed by atoms with Gasteiger partial charge in [0, 0.05) is 18.3 Å². The van der Waals surface area contributed by atoms with Crippen LogP contribution in [0, 0.1) is 0 Å². The van der Waals surface area contributed by atoms with Gasteiger partial charge in [-0.15, -0.1) is 0 Å². The molecule has 0 saturated carbocycles. The van der Waals surface area contributed by atoms with E-state index >= 15 is 0 Å². The summed E-state index contributed by atoms with van der Waals surface area (Å²) in [6, 6.07) is 1.66. The molecule has 0 fully saturated rings. The van der Waals surface area contributed by atoms with E-state index in [1.54, 1.807) is 12.3 Å². The first-order valence-electron chi connectivity index (χ1n) is 5.57. The van der Waals surface area contributed by atoms with E-state index < -0.39 is 6.10 Å². The molecule has 5 heteroatoms. The summed E-state index contributed by atoms with van der Waals surface area (Å²) in [6.45, 7) is 1.42. The molecule has 0 aliphatic carbocycles. The number of aliphatic hydroxyl groups excluding tert-OH is 2. The molecule has 0 unspecified atom stereocenters. The smallest absolute Gasteiger partial charge is 0.104 e. The Kier molecular flexibility index (Phi) is 4.12. The summed E-state index contributed by atoms with van der Waals surface area (Å²) in [7, 11) is 0. The van der Waals surface area contributed by atoms with Crippen LogP contribution in [0.5, 0.6) is 0 Å². The van der Waals surface area contributed by atoms with Crippen molar-refractivity contribution in [3.8, 4) is 0 Å². The Morgan fingerprint density at radius 2 is 2.35 bits per heavy atom. The SMILES string of the molecule is OC[C@H](O)c1cnc(C2=CCNCC2)c(Cl)c1. The summed E-state index contributed by atoms with van der Waals surface area (Å²) in [5.74, 6) is 0. The van der Waals surface area contributed by atoms with E-state index in [0.717, 1.165) is 30.8 Å². The second kappa shape index (κ2) is 5.60. The molecule has 4 nitrogen and oxygen atoms in total. The Balaban J connectivity index is 2.28. The topological polar surface area (TPSA) is 65.4 Å². The minimum absolute atomic E-state index is 0.329. The summed E-state index contributed by atoms with van der Waals surface area (Å²) < 4.78 is 0. The van der Waals surface area contributed by atoms with Gasteiger partial charge in [-0.25, -0.2) is 0 Å². The first-order valence-corrected chi connectivity index (χ1v) is 5.94. The first-order chi connectivity index (χ1) is 8.22. The molecule has 0 aromatic carbocycles. The highest BCUT2D eigenvalue weighted by Crippen LogP contribution is 2.27. The van der Waals surface area contributed by atoms with Crippen molar-refractivity contribution in [1.29, 1.82) is 0 Å². The van der Waals surface area contributed by atoms with Gasteiger partial charge >= 0.3 is 0 Å². The highest BCUT2D eigenvalue weighted by atomic mass is 35.5. The minimum Gasteiger partial charge on any atom is -0.393 e. The van der Waals surface area contributed by atoms with Crippen molar-refractivity contribution in [2.45, 2.75) is 12.5 Å². The lowest BCUT2D eigenvalue weighted by atomic mass is 10.0. The van der Waals surface area contributed by atoms with E-state index in [0.29, 0.717) is 10.6 Å². The lowest BCUT2D eigenvalue weighted by Crippen LogP contribution is -2.20. The summed E-state index contributed by atoms with van der Waals surface area (Å²) >= 11 is 6.15. The summed E-state index contributed by atoms with van der Waals surface area (Å²) in [5.41, 5.74) is 2.43. The molecular formula is C12H15ClN2O2. The Bertz CT molecular complexity index is 435. The summed E-state index contributed by atoms with van der Waals surface area (Å²) in [5, 5.41) is 22.1. The van der Waals surface area contributed by atoms with Crippen LogP contribution >= 0.6 is 11.6 Å². The number of hydrogen-bond donors (Lipinski definition) is 3. The van der Waals surface area contributed by atoms with Gasteiger partial charge in [0.2, 0.25) is 0 Å². The largest absolute Gasteiger partial charge is 0.393 e. The van der Waals surface area contributed by atoms with Crippen molar-refractivity contribution in [3.63, 3.8) is 0 Å². The Hall–Kier alpha value is -0.940. The molecule has 0 saturated heterocycles. The zero-order valence-electron chi connectivity index (χ0n) is 9.36. The van der Waals surface area contributed by atoms with Crippen LogP contribution in [0.15, 0.2) is 18.3 Å². The van der Waals surface area contributed by atoms with Crippen molar-refractivity contribution in [2.24, 2.45) is 0 Å². The molecule has 0 radical (unpaired) electrons. The molecule has 1 aromatic heterocycles. The van der Waals surface area contributed by atoms with Crippen LogP contribution in [0.3, 0.4) is 0 Å². The average Bonchev–Trinajstić information content (AvgIpc) is 2.38. The van der Waals surface area contributed by atoms with Crippen molar-refractivity contribution >= 4 is 17.2 Å². The number of nitrogens with one attached hydrogen (secondary N) is 1. The van der Waals surface area contributed by atoms with Gasteiger partial charge in [0.15, 0.2) is 0 Å². The van der Waals surface area contributed by atoms with E-state index in [2.05, 4.69) is 16.4 Å². The molecule has 17 heavy (non-hydrogen) atoms. The fourth-order valence-electron chi connectivity index (χ4n) is 1.81. The fourth-order valence-corrected chi connectivity index (χ4v) is 2.11. The van der Waals surface area contributed by atoms with E-state index in [1.165, 1.54) is 0 Å². The number of aliphatic hydroxyl groups is 2. The Morgan fingerprint density at radius 1 is 1.53 bits per heavy atom. The molecule has 2 heterocycles. The third-order valence-electron chi connectivity index (χ3n) is 2.79. The third kappa shape index (κ3) is 2.84. The van der Waals surface area contributed by atoms with Crippen molar-refractivity contribution < 1.29 is 10.2 Å². The van der Waals surface area contributed by atoms with Crippen LogP contribution in [0.4, 0.5) is 0 Å². The second-order valence-corrected chi connectivity index (χ2v) is 4.39. The minimum atomic E-state index is -0.920. The Morgan fingerprint density at radius 3 is 2.94 bits per heavy atom. The molecular weight excluding hydrogens is 240 g/mol. The third-order valence-corrected chi connectivity index (χ3v) is 3.08. The fraction of sp³-hybridized carbons (Fsp3) is 0.417. The molecule has 2 rings (SSSR count). The van der Waals surface area contributed by atoms with E-state index in [9.17, 15) is 5.11 Å². The highest BCUT2D eigenvalue weighted by molar-refractivity contribution is 6.32. The zero-order valence-corrected chi connectivity index (χ0v) is 10.1. The standard InChI is InChI=1S/C12H15ClN2O2/c13-10-5-9(11(17)7-16)6-15-12(10)8-1-3-14-4-2-8/h1,5-6,11,14,16-17H,2-4,7H2/t11-/m0/s1. The van der Waals surface area contributed by atoms with Gasteiger partial charge in [-0.3, -0.25) is 4.98 Å². The zero-order chi connectivity index (χ0) is 12.3. The van der Waals surface area contributed by atoms with E-state index in [4.69, 9.17) is 16.7 Å². The van der Waals surface area contributed by atoms with Crippen molar-refractivity contribution in [1.82, 2.24) is 10.3 Å². The quantitative estimate of drug-likeness (QED) is 0.757. The lowest BCUT2D eigenvalue weighted by molar-refractivity contribution is 0.0953. The molecule has 1 aromatic rings. The summed E-state index contributed by atoms with van der Waals surface area (Å²) in [6.07, 6.45) is 3.61. The maximum atomic E-state index is 9.48. The number of halogens is 1. The first kappa shape index (κ1) is 12.5. The van der Waals surface area contributed by atoms with Crippen LogP contribution in [0.25, 0.3) is 5.57 Å². The molecule has 1 aliphatic heterocycles. The second-order valence-electron chi connectivity index (χ2n) is 3.98. The van der Waals surface area contributed by atoms with Gasteiger partial charge < -0.3 is 15.5 Å². The van der Waals surface area contributed by atoms with Crippen molar-refractivity contribution in [2.75, 3.05) is 19.7 Å². The predicted octanol–water partition coefficient (Wildman–Crippen LogP) is 1.14. The molecule has 1 aliphatic rings. The van der Waals surface area contributed by atoms with Gasteiger partial charge in [0.1, 0.15) is 6.10 Å². The van der Waals surface area contributed by atoms with Crippen LogP contribution in [0.1, 0.15) is 23.8 Å². The van der Waals surface area contributed by atoms with Gasteiger partial charge in [-0.1, -0.05) is 17.7 Å². The normalized spacial score (nSPS) is 17.7. The number of hydrogen-bond acceptors (Lipinski definition) is 4. The van der Waals surface area contributed by atoms with Gasteiger partial charge in [0.05, 0.1) is 17.3 Å². The maximum absolute atomic E-state index is 9.48. The number of nitrogens with zero attached hydrogens (tertiary/aromatic N) is 1. The monoisotopic (exact) mass is 254 g/mol. The van der Waals surface area contributed by atoms with Gasteiger partial charge in [0.25, 0.3) is 0 Å². The molecule has 0 bridgehead atoms. The number of pyridine rings is 1. The number of aromatic nitrogens is 1. The maximum Gasteiger partial charge on any atom is 0.104 e. The molecule has 0 amide bonds. The van der Waals surface area contributed by atoms with E-state index in [1.807, 2.05) is 0 Å². The molecule has 3 N–H and O–H groups in total. The van der Waals surface area contributed by atoms with E-state index in [-0.39, 0.29) is 6.61 Å². The summed E-state index contributed by atoms with van der Waals surface area (Å²) in [4.78, 5) is 4.27. The average molecular weight is 255 g/mol. The Labute approximate surface area is 105 Å². The van der Waals surface area contributed by atoms with Gasteiger partial charge in [-0.2, -0.15) is 0 Å². The van der Waals surface area contributed by atoms with Crippen LogP contribution in [-0.2, 0) is 0 Å². The van der Waals surface area contributed by atoms with Crippen LogP contribution < -0.4 is 5.32 Å². The molecule has 1 atom stereocenters. The highest BCUT2D eigenvalue weighted by Gasteiger charge is 2.14. The van der Waals surface area contributed by atoms with Gasteiger partial charge in [-0.05, 0) is 24.6 Å². The molecule has 92 valence electrons. The van der Waals surface area contributed by atoms with Crippen molar-refractivity contribution in [3.05, 3.63) is 34.6 Å². The molecule has 0 spiro atoms. The lowest BCUT2D eigenvalue weighted by Gasteiger charge is -2.15. The predicted molar refractivity (Wildman–Crippen MR) is 66.8 cm³/mol.